The summed E-state index contributed by atoms with van der Waals surface area (Å²) in [5.74, 6) is 2.95. The van der Waals surface area contributed by atoms with Crippen molar-refractivity contribution in [2.45, 2.75) is 51.6 Å². The summed E-state index contributed by atoms with van der Waals surface area (Å²) in [5.41, 5.74) is 2.00. The molecule has 1 aliphatic rings. The zero-order valence-electron chi connectivity index (χ0n) is 13.4. The Balaban J connectivity index is 1.75. The van der Waals surface area contributed by atoms with Gasteiger partial charge in [0.1, 0.15) is 11.6 Å². The van der Waals surface area contributed by atoms with Crippen molar-refractivity contribution in [3.63, 3.8) is 0 Å². The van der Waals surface area contributed by atoms with E-state index in [4.69, 9.17) is 9.72 Å². The molecule has 2 N–H and O–H groups in total. The van der Waals surface area contributed by atoms with Crippen LogP contribution in [0.2, 0.25) is 0 Å². The van der Waals surface area contributed by atoms with E-state index in [1.54, 1.807) is 7.11 Å². The van der Waals surface area contributed by atoms with E-state index in [-0.39, 0.29) is 0 Å². The summed E-state index contributed by atoms with van der Waals surface area (Å²) in [6.07, 6.45) is 4.73. The smallest absolute Gasteiger partial charge is 0.153 e. The van der Waals surface area contributed by atoms with E-state index in [9.17, 15) is 0 Å². The largest absolute Gasteiger partial charge is 0.381 e. The van der Waals surface area contributed by atoms with Gasteiger partial charge in [-0.05, 0) is 39.5 Å². The van der Waals surface area contributed by atoms with E-state index in [1.165, 1.54) is 0 Å². The zero-order valence-corrected chi connectivity index (χ0v) is 13.4. The van der Waals surface area contributed by atoms with Gasteiger partial charge in [-0.3, -0.25) is 5.10 Å². The first kappa shape index (κ1) is 15.0. The molecule has 0 bridgehead atoms. The van der Waals surface area contributed by atoms with Crippen molar-refractivity contribution in [1.82, 2.24) is 20.2 Å². The van der Waals surface area contributed by atoms with Crippen LogP contribution in [0, 0.1) is 13.8 Å². The maximum atomic E-state index is 5.44. The number of H-pyrrole nitrogens is 1. The molecule has 0 spiro atoms. The number of nitrogens with one attached hydrogen (secondary N) is 2. The van der Waals surface area contributed by atoms with Gasteiger partial charge in [-0.15, -0.1) is 0 Å². The van der Waals surface area contributed by atoms with Crippen LogP contribution >= 0.6 is 0 Å². The highest BCUT2D eigenvalue weighted by Crippen LogP contribution is 2.32. The first-order valence-electron chi connectivity index (χ1n) is 7.81. The van der Waals surface area contributed by atoms with Gasteiger partial charge in [-0.2, -0.15) is 5.10 Å². The Bertz CT molecular complexity index is 631. The van der Waals surface area contributed by atoms with Crippen LogP contribution in [0.15, 0.2) is 12.1 Å². The molecular weight excluding hydrogens is 278 g/mol. The minimum absolute atomic E-state index is 0.394. The molecule has 0 atom stereocenters. The first-order valence-corrected chi connectivity index (χ1v) is 7.81. The van der Waals surface area contributed by atoms with E-state index < -0.39 is 0 Å². The molecule has 6 nitrogen and oxygen atoms in total. The SMILES string of the molecule is CO[C@H]1CC[C@@H](c2nc(C)cc(Nc3cc(C)[nH]n3)n2)CC1. The van der Waals surface area contributed by atoms with E-state index in [1.807, 2.05) is 26.0 Å². The second kappa shape index (κ2) is 6.44. The molecule has 0 unspecified atom stereocenters. The third-order valence-corrected chi connectivity index (χ3v) is 4.21. The summed E-state index contributed by atoms with van der Waals surface area (Å²) in [6, 6.07) is 3.91. The highest BCUT2D eigenvalue weighted by Gasteiger charge is 2.24. The van der Waals surface area contributed by atoms with Crippen molar-refractivity contribution in [3.05, 3.63) is 29.3 Å². The van der Waals surface area contributed by atoms with Crippen molar-refractivity contribution in [2.24, 2.45) is 0 Å². The maximum Gasteiger partial charge on any atom is 0.153 e. The topological polar surface area (TPSA) is 75.7 Å². The standard InChI is InChI=1S/C16H23N5O/c1-10-8-14(18-15-9-11(2)20-21-15)19-16(17-10)12-4-6-13(22-3)7-5-12/h8-9,12-13H,4-7H2,1-3H3,(H2,17,18,19,20,21)/t12-,13+. The molecule has 0 saturated heterocycles. The van der Waals surface area contributed by atoms with Gasteiger partial charge in [0, 0.05) is 36.5 Å². The molecule has 22 heavy (non-hydrogen) atoms. The van der Waals surface area contributed by atoms with Crippen LogP contribution in [-0.4, -0.2) is 33.4 Å². The van der Waals surface area contributed by atoms with Gasteiger partial charge in [0.15, 0.2) is 5.82 Å². The molecule has 118 valence electrons. The fourth-order valence-electron chi connectivity index (χ4n) is 3.01. The Labute approximate surface area is 130 Å². The third-order valence-electron chi connectivity index (χ3n) is 4.21. The predicted molar refractivity (Wildman–Crippen MR) is 85.4 cm³/mol. The van der Waals surface area contributed by atoms with E-state index >= 15 is 0 Å². The summed E-state index contributed by atoms with van der Waals surface area (Å²) in [6.45, 7) is 3.98. The third kappa shape index (κ3) is 3.44. The van der Waals surface area contributed by atoms with Crippen LogP contribution in [-0.2, 0) is 4.74 Å². The quantitative estimate of drug-likeness (QED) is 0.906. The van der Waals surface area contributed by atoms with E-state index in [2.05, 4.69) is 20.5 Å². The molecule has 1 fully saturated rings. The van der Waals surface area contributed by atoms with Crippen LogP contribution in [0.3, 0.4) is 0 Å². The number of aromatic nitrogens is 4. The molecule has 2 aromatic heterocycles. The van der Waals surface area contributed by atoms with Gasteiger partial charge in [-0.1, -0.05) is 0 Å². The number of hydrogen-bond acceptors (Lipinski definition) is 5. The Kier molecular flexibility index (Phi) is 4.38. The van der Waals surface area contributed by atoms with Crippen molar-refractivity contribution in [2.75, 3.05) is 12.4 Å². The Morgan fingerprint density at radius 3 is 2.50 bits per heavy atom. The molecule has 1 saturated carbocycles. The van der Waals surface area contributed by atoms with Crippen LogP contribution in [0.4, 0.5) is 11.6 Å². The summed E-state index contributed by atoms with van der Waals surface area (Å²) in [7, 11) is 1.79. The van der Waals surface area contributed by atoms with Gasteiger partial charge in [0.05, 0.1) is 6.10 Å². The van der Waals surface area contributed by atoms with Crippen LogP contribution in [0.5, 0.6) is 0 Å². The van der Waals surface area contributed by atoms with Crippen molar-refractivity contribution in [3.8, 4) is 0 Å². The highest BCUT2D eigenvalue weighted by molar-refractivity contribution is 5.52. The molecule has 0 radical (unpaired) electrons. The number of aromatic amines is 1. The minimum Gasteiger partial charge on any atom is -0.381 e. The van der Waals surface area contributed by atoms with Crippen molar-refractivity contribution < 1.29 is 4.74 Å². The van der Waals surface area contributed by atoms with E-state index in [0.717, 1.165) is 54.5 Å². The summed E-state index contributed by atoms with van der Waals surface area (Å²) in [5, 5.41) is 10.4. The Hall–Kier alpha value is -1.95. The fourth-order valence-corrected chi connectivity index (χ4v) is 3.01. The lowest BCUT2D eigenvalue weighted by molar-refractivity contribution is 0.0651. The molecule has 1 aliphatic carbocycles. The van der Waals surface area contributed by atoms with Crippen molar-refractivity contribution in [1.29, 1.82) is 0 Å². The average Bonchev–Trinajstić information content (AvgIpc) is 2.92. The molecule has 0 aromatic carbocycles. The number of aryl methyl sites for hydroxylation is 2. The number of nitrogens with zero attached hydrogens (tertiary/aromatic N) is 3. The second-order valence-electron chi connectivity index (χ2n) is 6.02. The number of hydrogen-bond donors (Lipinski definition) is 2. The minimum atomic E-state index is 0.394. The highest BCUT2D eigenvalue weighted by atomic mass is 16.5. The number of methoxy groups -OCH3 is 1. The van der Waals surface area contributed by atoms with Crippen LogP contribution < -0.4 is 5.32 Å². The summed E-state index contributed by atoms with van der Waals surface area (Å²) >= 11 is 0. The number of anilines is 2. The molecule has 0 amide bonds. The number of ether oxygens (including phenoxy) is 1. The lowest BCUT2D eigenvalue weighted by Crippen LogP contribution is -2.20. The van der Waals surface area contributed by atoms with E-state index in [0.29, 0.717) is 12.0 Å². The number of rotatable bonds is 4. The van der Waals surface area contributed by atoms with Gasteiger partial charge in [-0.25, -0.2) is 9.97 Å². The fraction of sp³-hybridized carbons (Fsp3) is 0.562. The van der Waals surface area contributed by atoms with Gasteiger partial charge < -0.3 is 10.1 Å². The molecule has 0 aliphatic heterocycles. The molecule has 2 heterocycles. The Morgan fingerprint density at radius 2 is 1.86 bits per heavy atom. The lowest BCUT2D eigenvalue weighted by Gasteiger charge is -2.26. The normalized spacial score (nSPS) is 21.8. The molecular formula is C16H23N5O. The summed E-state index contributed by atoms with van der Waals surface area (Å²) < 4.78 is 5.44. The maximum absolute atomic E-state index is 5.44. The second-order valence-corrected chi connectivity index (χ2v) is 6.02. The average molecular weight is 301 g/mol. The monoisotopic (exact) mass is 301 g/mol. The van der Waals surface area contributed by atoms with Crippen LogP contribution in [0.25, 0.3) is 0 Å². The van der Waals surface area contributed by atoms with Gasteiger partial charge in [0.2, 0.25) is 0 Å². The predicted octanol–water partition coefficient (Wildman–Crippen LogP) is 3.23. The van der Waals surface area contributed by atoms with Gasteiger partial charge >= 0.3 is 0 Å². The molecule has 3 rings (SSSR count). The zero-order chi connectivity index (χ0) is 15.5. The van der Waals surface area contributed by atoms with Crippen LogP contribution in [0.1, 0.15) is 48.8 Å². The molecule has 6 heteroatoms. The lowest BCUT2D eigenvalue weighted by atomic mass is 9.87. The Morgan fingerprint density at radius 1 is 1.09 bits per heavy atom. The summed E-state index contributed by atoms with van der Waals surface area (Å²) in [4.78, 5) is 9.33. The van der Waals surface area contributed by atoms with Crippen molar-refractivity contribution >= 4 is 11.6 Å². The first-order chi connectivity index (χ1) is 10.6. The molecule has 2 aromatic rings. The van der Waals surface area contributed by atoms with Gasteiger partial charge in [0.25, 0.3) is 0 Å².